The molecule has 0 fully saturated rings. The van der Waals surface area contributed by atoms with Crippen LogP contribution in [-0.4, -0.2) is 31.4 Å². The number of hydrogen-bond acceptors (Lipinski definition) is 8. The molecule has 2 aromatic carbocycles. The lowest BCUT2D eigenvalue weighted by Crippen LogP contribution is -2.40. The Balaban J connectivity index is 1.69. The highest BCUT2D eigenvalue weighted by atomic mass is 79.9. The molecule has 206 valence electrons. The molecule has 5 rings (SSSR count). The number of carbonyl (C=O) groups is 1. The summed E-state index contributed by atoms with van der Waals surface area (Å²) >= 11 is 8.31. The van der Waals surface area contributed by atoms with Crippen LogP contribution in [0.2, 0.25) is 0 Å². The third-order valence-electron chi connectivity index (χ3n) is 6.32. The quantitative estimate of drug-likeness (QED) is 0.235. The Morgan fingerprint density at radius 1 is 1.12 bits per heavy atom. The zero-order valence-electron chi connectivity index (χ0n) is 22.0. The van der Waals surface area contributed by atoms with Gasteiger partial charge in [0, 0.05) is 20.6 Å². The Bertz CT molecular complexity index is 1840. The van der Waals surface area contributed by atoms with E-state index < -0.39 is 12.0 Å². The van der Waals surface area contributed by atoms with E-state index in [2.05, 4.69) is 36.9 Å². The summed E-state index contributed by atoms with van der Waals surface area (Å²) in [5.41, 5.74) is 1.95. The Hall–Kier alpha value is -3.41. The summed E-state index contributed by atoms with van der Waals surface area (Å²) in [6.07, 6.45) is 1.69. The number of benzene rings is 2. The summed E-state index contributed by atoms with van der Waals surface area (Å²) in [5, 5.41) is 0. The molecule has 0 amide bonds. The van der Waals surface area contributed by atoms with Gasteiger partial charge in [-0.3, -0.25) is 9.36 Å². The highest BCUT2D eigenvalue weighted by Crippen LogP contribution is 2.40. The number of ether oxygens (including phenoxy) is 3. The van der Waals surface area contributed by atoms with Gasteiger partial charge in [0.1, 0.15) is 11.5 Å². The molecule has 0 N–H and O–H groups in total. The second kappa shape index (κ2) is 11.6. The van der Waals surface area contributed by atoms with Crippen LogP contribution in [0, 0.1) is 0 Å². The van der Waals surface area contributed by atoms with E-state index in [0.29, 0.717) is 48.1 Å². The predicted octanol–water partition coefficient (Wildman–Crippen LogP) is 5.60. The van der Waals surface area contributed by atoms with Crippen LogP contribution < -0.4 is 24.4 Å². The van der Waals surface area contributed by atoms with Crippen molar-refractivity contribution < 1.29 is 23.4 Å². The van der Waals surface area contributed by atoms with Crippen LogP contribution in [-0.2, 0) is 9.53 Å². The van der Waals surface area contributed by atoms with E-state index in [1.165, 1.54) is 30.1 Å². The Morgan fingerprint density at radius 2 is 1.88 bits per heavy atom. The van der Waals surface area contributed by atoms with Crippen LogP contribution in [0.15, 0.2) is 83.0 Å². The van der Waals surface area contributed by atoms with Gasteiger partial charge in [0.25, 0.3) is 5.56 Å². The van der Waals surface area contributed by atoms with Crippen LogP contribution in [0.4, 0.5) is 0 Å². The summed E-state index contributed by atoms with van der Waals surface area (Å²) in [7, 11) is 3.07. The number of furan rings is 1. The van der Waals surface area contributed by atoms with Crippen molar-refractivity contribution in [2.24, 2.45) is 4.99 Å². The highest BCUT2D eigenvalue weighted by Gasteiger charge is 2.35. The average molecular weight is 688 g/mol. The molecular weight excluding hydrogens is 664 g/mol. The van der Waals surface area contributed by atoms with Crippen molar-refractivity contribution in [2.75, 3.05) is 20.8 Å². The van der Waals surface area contributed by atoms with E-state index in [1.807, 2.05) is 36.4 Å². The maximum atomic E-state index is 13.9. The standard InChI is InChI=1S/C29H24Br2N2O6S/c1-5-38-28(35)25-15(2)32-29-33(26(25)19-13-22(36-3)23(37-4)14-20(19)31)27(34)24(40-29)12-18-9-10-21(39-18)16-7-6-8-17(30)11-16/h6-14,26H,5H2,1-4H3/b24-12-/t26-/m0/s1. The van der Waals surface area contributed by atoms with Gasteiger partial charge in [0.2, 0.25) is 0 Å². The minimum absolute atomic E-state index is 0.179. The van der Waals surface area contributed by atoms with Crippen LogP contribution >= 0.6 is 43.2 Å². The number of aromatic nitrogens is 1. The van der Waals surface area contributed by atoms with E-state index in [4.69, 9.17) is 18.6 Å². The largest absolute Gasteiger partial charge is 0.493 e. The summed E-state index contributed by atoms with van der Waals surface area (Å²) in [5.74, 6) is 1.60. The lowest BCUT2D eigenvalue weighted by molar-refractivity contribution is -0.139. The normalized spacial score (nSPS) is 15.1. The minimum Gasteiger partial charge on any atom is -0.493 e. The molecule has 0 aliphatic carbocycles. The number of hydrogen-bond donors (Lipinski definition) is 0. The van der Waals surface area contributed by atoms with Gasteiger partial charge >= 0.3 is 5.97 Å². The topological polar surface area (TPSA) is 92.3 Å². The fourth-order valence-corrected chi connectivity index (χ4v) is 6.49. The van der Waals surface area contributed by atoms with Crippen molar-refractivity contribution >= 4 is 55.2 Å². The van der Waals surface area contributed by atoms with E-state index in [-0.39, 0.29) is 17.7 Å². The van der Waals surface area contributed by atoms with Crippen LogP contribution in [0.25, 0.3) is 17.4 Å². The Kier molecular flexibility index (Phi) is 8.16. The molecule has 2 aromatic heterocycles. The second-order valence-corrected chi connectivity index (χ2v) is 11.5. The minimum atomic E-state index is -0.819. The summed E-state index contributed by atoms with van der Waals surface area (Å²) in [4.78, 5) is 32.2. The Morgan fingerprint density at radius 3 is 2.58 bits per heavy atom. The van der Waals surface area contributed by atoms with Crippen molar-refractivity contribution in [2.45, 2.75) is 19.9 Å². The summed E-state index contributed by atoms with van der Waals surface area (Å²) in [6.45, 7) is 3.65. The number of nitrogens with zero attached hydrogens (tertiary/aromatic N) is 2. The van der Waals surface area contributed by atoms with Gasteiger partial charge in [-0.25, -0.2) is 9.79 Å². The number of carbonyl (C=O) groups excluding carboxylic acids is 1. The molecule has 0 radical (unpaired) electrons. The lowest BCUT2D eigenvalue weighted by atomic mass is 9.95. The number of esters is 1. The van der Waals surface area contributed by atoms with E-state index in [9.17, 15) is 9.59 Å². The molecule has 1 aliphatic rings. The van der Waals surface area contributed by atoms with Gasteiger partial charge < -0.3 is 18.6 Å². The van der Waals surface area contributed by atoms with Gasteiger partial charge in [-0.2, -0.15) is 0 Å². The fraction of sp³-hybridized carbons (Fsp3) is 0.207. The van der Waals surface area contributed by atoms with Crippen LogP contribution in [0.3, 0.4) is 0 Å². The number of rotatable bonds is 7. The molecule has 0 bridgehead atoms. The first-order chi connectivity index (χ1) is 19.2. The molecule has 1 aliphatic heterocycles. The molecule has 4 aromatic rings. The number of halogens is 2. The number of thiazole rings is 1. The number of allylic oxidation sites excluding steroid dienone is 1. The second-order valence-electron chi connectivity index (χ2n) is 8.74. The van der Waals surface area contributed by atoms with Crippen LogP contribution in [0.5, 0.6) is 11.5 Å². The smallest absolute Gasteiger partial charge is 0.338 e. The first kappa shape index (κ1) is 28.1. The van der Waals surface area contributed by atoms with Crippen molar-refractivity contribution in [3.63, 3.8) is 0 Å². The molecule has 0 unspecified atom stereocenters. The van der Waals surface area contributed by atoms with Gasteiger partial charge in [-0.15, -0.1) is 0 Å². The molecular formula is C29H24Br2N2O6S. The van der Waals surface area contributed by atoms with Gasteiger partial charge in [-0.1, -0.05) is 55.3 Å². The molecule has 3 heterocycles. The number of methoxy groups -OCH3 is 2. The monoisotopic (exact) mass is 686 g/mol. The van der Waals surface area contributed by atoms with Gasteiger partial charge in [0.05, 0.1) is 42.7 Å². The Labute approximate surface area is 250 Å². The highest BCUT2D eigenvalue weighted by molar-refractivity contribution is 9.10. The first-order valence-corrected chi connectivity index (χ1v) is 14.6. The van der Waals surface area contributed by atoms with Gasteiger partial charge in [0.15, 0.2) is 16.3 Å². The van der Waals surface area contributed by atoms with Crippen molar-refractivity contribution in [1.29, 1.82) is 0 Å². The van der Waals surface area contributed by atoms with E-state index in [1.54, 1.807) is 32.1 Å². The maximum Gasteiger partial charge on any atom is 0.338 e. The predicted molar refractivity (Wildman–Crippen MR) is 159 cm³/mol. The van der Waals surface area contributed by atoms with Gasteiger partial charge in [-0.05, 0) is 55.8 Å². The molecule has 11 heteroatoms. The average Bonchev–Trinajstić information content (AvgIpc) is 3.52. The third-order valence-corrected chi connectivity index (χ3v) is 8.49. The molecule has 0 spiro atoms. The van der Waals surface area contributed by atoms with Crippen LogP contribution in [0.1, 0.15) is 31.2 Å². The molecule has 1 atom stereocenters. The molecule has 8 nitrogen and oxygen atoms in total. The molecule has 0 saturated carbocycles. The summed E-state index contributed by atoms with van der Waals surface area (Å²) in [6, 6.07) is 14.1. The maximum absolute atomic E-state index is 13.9. The zero-order chi connectivity index (χ0) is 28.6. The first-order valence-electron chi connectivity index (χ1n) is 12.2. The van der Waals surface area contributed by atoms with Crippen molar-refractivity contribution in [1.82, 2.24) is 4.57 Å². The fourth-order valence-electron chi connectivity index (χ4n) is 4.52. The number of fused-ring (bicyclic) bond motifs is 1. The van der Waals surface area contributed by atoms with E-state index >= 15 is 0 Å². The molecule has 40 heavy (non-hydrogen) atoms. The summed E-state index contributed by atoms with van der Waals surface area (Å²) < 4.78 is 25.9. The van der Waals surface area contributed by atoms with Crippen molar-refractivity contribution in [3.05, 3.63) is 99.8 Å². The van der Waals surface area contributed by atoms with E-state index in [0.717, 1.165) is 10.0 Å². The third kappa shape index (κ3) is 5.21. The molecule has 0 saturated heterocycles. The lowest BCUT2D eigenvalue weighted by Gasteiger charge is -2.26. The SMILES string of the molecule is CCOC(=O)C1=C(C)N=c2s/c(=C\c3ccc(-c4cccc(Br)c4)o3)c(=O)n2[C@H]1c1cc(OC)c(OC)cc1Br. The van der Waals surface area contributed by atoms with Crippen molar-refractivity contribution in [3.8, 4) is 22.8 Å². The zero-order valence-corrected chi connectivity index (χ0v) is 26.0.